The van der Waals surface area contributed by atoms with Gasteiger partial charge in [0.1, 0.15) is 0 Å². The summed E-state index contributed by atoms with van der Waals surface area (Å²) in [4.78, 5) is 4.50. The monoisotopic (exact) mass is 253 g/mol. The van der Waals surface area contributed by atoms with Crippen molar-refractivity contribution < 1.29 is 16.8 Å². The first-order chi connectivity index (χ1) is 4.24. The second kappa shape index (κ2) is 731. The van der Waals surface area contributed by atoms with Gasteiger partial charge in [-0.3, -0.25) is 14.7 Å². The molecule has 0 saturated heterocycles. The van der Waals surface area contributed by atoms with E-state index in [2.05, 4.69) is 0 Å². The molecule has 0 aromatic carbocycles. The Kier molecular flexibility index (Phi) is 4460. The van der Waals surface area contributed by atoms with Crippen molar-refractivity contribution in [3.63, 3.8) is 0 Å². The molecule has 0 radical (unpaired) electrons. The Labute approximate surface area is 90.0 Å². The van der Waals surface area contributed by atoms with Crippen molar-refractivity contribution in [3.05, 3.63) is 47.9 Å². The van der Waals surface area contributed by atoms with Gasteiger partial charge in [0, 0.05) is 0 Å². The first-order valence-electron chi connectivity index (χ1n) is 1.20. The van der Waals surface area contributed by atoms with Gasteiger partial charge in [-0.25, -0.2) is 0 Å². The van der Waals surface area contributed by atoms with E-state index in [1.807, 2.05) is 0 Å². The van der Waals surface area contributed by atoms with Crippen LogP contribution in [0.25, 0.3) is 47.9 Å². The van der Waals surface area contributed by atoms with E-state index in [1.54, 1.807) is 0 Å². The van der Waals surface area contributed by atoms with Gasteiger partial charge in [0.05, 0.1) is 0 Å². The van der Waals surface area contributed by atoms with Crippen LogP contribution in [0.1, 0.15) is 0 Å². The third-order valence-electron chi connectivity index (χ3n) is 0. The zero-order valence-corrected chi connectivity index (χ0v) is 8.23. The van der Waals surface area contributed by atoms with Crippen molar-refractivity contribution in [3.8, 4) is 0 Å². The summed E-state index contributed by atoms with van der Waals surface area (Å²) in [5, 5.41) is 0. The van der Waals surface area contributed by atoms with Crippen molar-refractivity contribution in [1.29, 1.82) is 0 Å². The number of hydrogen-bond acceptors (Lipinski definition) is 4. The maximum atomic E-state index is 6.75. The van der Waals surface area contributed by atoms with E-state index in [9.17, 15) is 0 Å². The Balaban J connectivity index is -0.00000000545. The third-order valence-corrected chi connectivity index (χ3v) is 0. The Morgan fingerprint density at radius 1 is 0.429 bits per heavy atom. The van der Waals surface area contributed by atoms with Gasteiger partial charge >= 0.3 is 16.8 Å². The molecule has 14 heteroatoms. The minimum atomic E-state index is 0. The van der Waals surface area contributed by atoms with Crippen LogP contribution in [0, 0.1) is 0 Å². The Bertz CT molecular complexity index is 96.8. The molecule has 0 bridgehead atoms. The van der Waals surface area contributed by atoms with Crippen LogP contribution < -0.4 is 24.6 Å². The zero-order chi connectivity index (χ0) is 8.12. The average Bonchev–Trinajstić information content (AvgIpc) is 1.70. The molecule has 0 fully saturated rings. The summed E-state index contributed by atoms with van der Waals surface area (Å²) in [6.45, 7) is 0. The van der Waals surface area contributed by atoms with Gasteiger partial charge in [0.25, 0.3) is 0 Å². The number of nitrogens with zero attached hydrogens (tertiary/aromatic N) is 9. The second-order valence-corrected chi connectivity index (χ2v) is 0.268. The van der Waals surface area contributed by atoms with E-state index in [1.165, 1.54) is 14.7 Å². The molecule has 0 heterocycles. The van der Waals surface area contributed by atoms with E-state index >= 15 is 0 Å². The number of rotatable bonds is 0. The van der Waals surface area contributed by atoms with Gasteiger partial charge in [0.15, 0.2) is 0 Å². The van der Waals surface area contributed by atoms with E-state index in [-0.39, 0.29) is 41.4 Å². The quantitative estimate of drug-likeness (QED) is 0.286. The molecule has 0 amide bonds. The minimum absolute atomic E-state index is 0. The predicted octanol–water partition coefficient (Wildman–Crippen LogP) is 3.24. The molecule has 0 aliphatic carbocycles. The molecule has 14 heavy (non-hydrogen) atoms. The van der Waals surface area contributed by atoms with Gasteiger partial charge in [-0.05, 0) is 0 Å². The molecule has 0 saturated carbocycles. The topological polar surface area (TPSA) is 316 Å². The Morgan fingerprint density at radius 2 is 0.429 bits per heavy atom. The number of hydrogen-bond donors (Lipinski definition) is 4. The third kappa shape index (κ3) is 298. The van der Waals surface area contributed by atoms with Crippen molar-refractivity contribution >= 4 is 0 Å². The molecule has 0 aromatic rings. The van der Waals surface area contributed by atoms with E-state index < -0.39 is 0 Å². The average molecular weight is 253 g/mol. The minimum Gasteiger partial charge on any atom is -0.373 e. The normalized spacial score (nSPS) is 1.71. The van der Waals surface area contributed by atoms with Gasteiger partial charge in [-0.15, -0.1) is 0 Å². The summed E-state index contributed by atoms with van der Waals surface area (Å²) in [7, 11) is 0. The van der Waals surface area contributed by atoms with Gasteiger partial charge < -0.3 is 57.8 Å². The van der Waals surface area contributed by atoms with Crippen LogP contribution in [-0.4, -0.2) is 0 Å². The van der Waals surface area contributed by atoms with Crippen molar-refractivity contribution in [2.45, 2.75) is 0 Å². The smallest absolute Gasteiger partial charge is 0.373 e. The van der Waals surface area contributed by atoms with E-state index in [0.717, 1.165) is 0 Å². The maximum Gasteiger partial charge on any atom is 3.00 e. The van der Waals surface area contributed by atoms with Crippen LogP contribution in [-0.2, 0) is 16.8 Å². The summed E-state index contributed by atoms with van der Waals surface area (Å²) >= 11 is 0. The molecule has 0 spiro atoms. The Morgan fingerprint density at radius 3 is 0.429 bits per heavy atom. The first kappa shape index (κ1) is 85.4. The summed E-state index contributed by atoms with van der Waals surface area (Å²) in [5.41, 5.74) is 40.5. The molecule has 0 aliphatic rings. The molecule has 0 atom stereocenters. The molecular weight excluding hydrogens is 241 g/mol. The van der Waals surface area contributed by atoms with Crippen molar-refractivity contribution in [1.82, 2.24) is 24.6 Å². The maximum absolute atomic E-state index is 6.75. The molecular formula is H12CoN13. The SMILES string of the molecule is N.N.N.N.[Co+3].[N-]=[N+]=[N-].[N-]=[N+]=[N-].[N-]=[N+]=[N-]. The summed E-state index contributed by atoms with van der Waals surface area (Å²) in [6.07, 6.45) is 0. The van der Waals surface area contributed by atoms with Crippen LogP contribution in [0.15, 0.2) is 0 Å². The van der Waals surface area contributed by atoms with Gasteiger partial charge in [-0.1, -0.05) is 0 Å². The summed E-state index contributed by atoms with van der Waals surface area (Å²) in [5.74, 6) is 0. The largest absolute Gasteiger partial charge is 3.00 e. The fraction of sp³-hybridized carbons (Fsp3) is 0. The molecule has 0 rings (SSSR count). The molecule has 13 nitrogen and oxygen atoms in total. The fourth-order valence-electron chi connectivity index (χ4n) is 0. The van der Waals surface area contributed by atoms with Crippen molar-refractivity contribution in [2.24, 2.45) is 0 Å². The van der Waals surface area contributed by atoms with Crippen LogP contribution in [0.5, 0.6) is 0 Å². The molecule has 0 aromatic heterocycles. The fourth-order valence-corrected chi connectivity index (χ4v) is 0. The van der Waals surface area contributed by atoms with Crippen molar-refractivity contribution in [2.75, 3.05) is 0 Å². The predicted molar refractivity (Wildman–Crippen MR) is 50.3 cm³/mol. The van der Waals surface area contributed by atoms with Gasteiger partial charge in [0.2, 0.25) is 0 Å². The van der Waals surface area contributed by atoms with Crippen LogP contribution in [0.3, 0.4) is 0 Å². The summed E-state index contributed by atoms with van der Waals surface area (Å²) in [6, 6.07) is 0. The van der Waals surface area contributed by atoms with Crippen LogP contribution in [0.4, 0.5) is 0 Å². The molecule has 0 unspecified atom stereocenters. The molecule has 12 N–H and O–H groups in total. The van der Waals surface area contributed by atoms with E-state index in [4.69, 9.17) is 33.2 Å². The van der Waals surface area contributed by atoms with E-state index in [0.29, 0.717) is 0 Å². The Hall–Kier alpha value is -1.72. The van der Waals surface area contributed by atoms with Crippen LogP contribution >= 0.6 is 0 Å². The summed E-state index contributed by atoms with van der Waals surface area (Å²) < 4.78 is 0. The standard InChI is InChI=1S/Co.3N3.4H3N/c;3*1-3-2;;;;/h;;;;4*1H3/q+3;3*-1;;;;. The molecule has 0 aliphatic heterocycles. The van der Waals surface area contributed by atoms with Gasteiger partial charge in [-0.2, -0.15) is 0 Å². The zero-order valence-electron chi connectivity index (χ0n) is 7.19. The first-order valence-corrected chi connectivity index (χ1v) is 1.20. The second-order valence-electron chi connectivity index (χ2n) is 0.268. The molecule has 86 valence electrons. The van der Waals surface area contributed by atoms with Crippen LogP contribution in [0.2, 0.25) is 0 Å².